The first-order valence-electron chi connectivity index (χ1n) is 13.4. The Morgan fingerprint density at radius 3 is 1.93 bits per heavy atom. The van der Waals surface area contributed by atoms with Gasteiger partial charge in [0.2, 0.25) is 0 Å². The summed E-state index contributed by atoms with van der Waals surface area (Å²) in [5.41, 5.74) is 3.73. The maximum Gasteiger partial charge on any atom is 0.282 e. The maximum absolute atomic E-state index is 11.4. The van der Waals surface area contributed by atoms with Crippen molar-refractivity contribution < 1.29 is 30.5 Å². The van der Waals surface area contributed by atoms with E-state index in [1.165, 1.54) is 0 Å². The molecular weight excluding hydrogens is 860 g/mol. The molecule has 0 atom stereocenters. The van der Waals surface area contributed by atoms with Crippen LogP contribution in [0.3, 0.4) is 0 Å². The molecule has 43 heavy (non-hydrogen) atoms. The maximum atomic E-state index is 11.4. The van der Waals surface area contributed by atoms with Crippen LogP contribution in [0.4, 0.5) is 11.4 Å². The molecule has 16 heteroatoms. The first-order chi connectivity index (χ1) is 20.1. The van der Waals surface area contributed by atoms with Crippen LogP contribution in [0.2, 0.25) is 0 Å². The van der Waals surface area contributed by atoms with Gasteiger partial charge in [-0.15, -0.1) is 0 Å². The van der Waals surface area contributed by atoms with E-state index in [0.29, 0.717) is 26.2 Å². The zero-order chi connectivity index (χ0) is 31.7. The third kappa shape index (κ3) is 8.12. The van der Waals surface area contributed by atoms with E-state index in [1.807, 2.05) is 65.8 Å². The Balaban J connectivity index is 1.80. The summed E-state index contributed by atoms with van der Waals surface area (Å²) >= 11 is 14.3. The third-order valence-electron chi connectivity index (χ3n) is 7.00. The van der Waals surface area contributed by atoms with E-state index in [9.17, 15) is 25.9 Å². The van der Waals surface area contributed by atoms with Crippen LogP contribution in [-0.2, 0) is 33.3 Å². The highest BCUT2D eigenvalue weighted by Gasteiger charge is 2.31. The molecule has 0 fully saturated rings. The number of fused-ring (bicyclic) bond motifs is 2. The number of rotatable bonds is 12. The molecule has 0 aliphatic carbocycles. The lowest BCUT2D eigenvalue weighted by molar-refractivity contribution is -0.673. The van der Waals surface area contributed by atoms with Crippen molar-refractivity contribution in [3.05, 3.63) is 66.0 Å². The van der Waals surface area contributed by atoms with Gasteiger partial charge < -0.3 is 9.80 Å². The fraction of sp³-hybridized carbons (Fsp3) is 0.370. The number of hydrogen-bond acceptors (Lipinski definition) is 6. The van der Waals surface area contributed by atoms with E-state index in [1.54, 1.807) is 0 Å². The smallest absolute Gasteiger partial charge is 0.282 e. The van der Waals surface area contributed by atoms with Crippen LogP contribution < -0.4 is 14.4 Å². The van der Waals surface area contributed by atoms with Crippen LogP contribution in [-0.4, -0.2) is 55.1 Å². The molecule has 0 unspecified atom stereocenters. The summed E-state index contributed by atoms with van der Waals surface area (Å²) < 4.78 is 72.1. The first kappa shape index (κ1) is 34.6. The van der Waals surface area contributed by atoms with Crippen molar-refractivity contribution in [2.24, 2.45) is 0 Å². The topological polar surface area (TPSA) is 124 Å². The van der Waals surface area contributed by atoms with Gasteiger partial charge in [-0.3, -0.25) is 9.11 Å². The number of anilines is 2. The lowest BCUT2D eigenvalue weighted by Gasteiger charge is -2.24. The van der Waals surface area contributed by atoms with Gasteiger partial charge in [0.1, 0.15) is 5.82 Å². The predicted molar refractivity (Wildman–Crippen MR) is 185 cm³/mol. The highest BCUT2D eigenvalue weighted by Crippen LogP contribution is 2.45. The molecule has 2 N–H and O–H groups in total. The zero-order valence-electron chi connectivity index (χ0n) is 23.3. The number of hydrogen-bond donors (Lipinski definition) is 2. The van der Waals surface area contributed by atoms with Gasteiger partial charge in [-0.05, 0) is 102 Å². The van der Waals surface area contributed by atoms with Crippen molar-refractivity contribution in [2.75, 3.05) is 34.4 Å². The summed E-state index contributed by atoms with van der Waals surface area (Å²) in [7, 11) is -8.20. The summed E-state index contributed by atoms with van der Waals surface area (Å²) in [6.07, 6.45) is 6.31. The Kier molecular flexibility index (Phi) is 11.3. The van der Waals surface area contributed by atoms with Gasteiger partial charge in [-0.25, -0.2) is 9.13 Å². The van der Waals surface area contributed by atoms with Gasteiger partial charge in [-0.2, -0.15) is 16.8 Å². The number of allylic oxidation sites excluding steroid dienone is 2. The van der Waals surface area contributed by atoms with Crippen molar-refractivity contribution in [3.8, 4) is 0 Å². The second-order valence-corrected chi connectivity index (χ2v) is 16.4. The summed E-state index contributed by atoms with van der Waals surface area (Å²) in [4.78, 5) is 4.17. The number of aromatic nitrogens is 2. The normalized spacial score (nSPS) is 15.0. The molecule has 2 aromatic carbocycles. The van der Waals surface area contributed by atoms with Crippen LogP contribution in [0.15, 0.2) is 60.1 Å². The van der Waals surface area contributed by atoms with E-state index in [2.05, 4.69) is 73.2 Å². The largest absolute Gasteiger partial charge is 0.326 e. The average molecular weight is 891 g/mol. The van der Waals surface area contributed by atoms with Crippen LogP contribution >= 0.6 is 63.7 Å². The summed E-state index contributed by atoms with van der Waals surface area (Å²) in [6.45, 7) is 6.11. The predicted octanol–water partition coefficient (Wildman–Crippen LogP) is 6.76. The second-order valence-electron chi connectivity index (χ2n) is 9.82. The van der Waals surface area contributed by atoms with Crippen molar-refractivity contribution >= 4 is 112 Å². The summed E-state index contributed by atoms with van der Waals surface area (Å²) in [5, 5.41) is 0. The fourth-order valence-electron chi connectivity index (χ4n) is 5.23. The van der Waals surface area contributed by atoms with E-state index < -0.39 is 20.2 Å². The summed E-state index contributed by atoms with van der Waals surface area (Å²) in [6, 6.07) is 7.98. The molecule has 10 nitrogen and oxygen atoms in total. The number of halogens is 4. The molecule has 0 amide bonds. The Morgan fingerprint density at radius 2 is 1.35 bits per heavy atom. The van der Waals surface area contributed by atoms with Crippen LogP contribution in [0.25, 0.3) is 17.1 Å². The first-order valence-corrected chi connectivity index (χ1v) is 19.8. The molecule has 3 aromatic rings. The fourth-order valence-corrected chi connectivity index (χ4v) is 7.54. The van der Waals surface area contributed by atoms with Gasteiger partial charge in [0.05, 0.1) is 36.0 Å². The third-order valence-corrected chi connectivity index (χ3v) is 12.3. The minimum absolute atomic E-state index is 0.228. The van der Waals surface area contributed by atoms with Crippen molar-refractivity contribution in [3.63, 3.8) is 0 Å². The van der Waals surface area contributed by atoms with Crippen LogP contribution in [0.5, 0.6) is 0 Å². The van der Waals surface area contributed by atoms with E-state index in [-0.39, 0.29) is 24.3 Å². The number of imidazole rings is 1. The molecule has 1 aliphatic heterocycles. The van der Waals surface area contributed by atoms with Crippen molar-refractivity contribution in [1.82, 2.24) is 4.57 Å². The van der Waals surface area contributed by atoms with Crippen molar-refractivity contribution in [2.45, 2.75) is 39.8 Å². The van der Waals surface area contributed by atoms with Gasteiger partial charge >= 0.3 is 0 Å². The molecule has 0 saturated heterocycles. The number of nitrogens with zero attached hydrogens (tertiary/aromatic N) is 4. The average Bonchev–Trinajstić information content (AvgIpc) is 3.34. The molecule has 1 aliphatic rings. The number of aryl methyl sites for hydroxylation is 2. The second kappa shape index (κ2) is 14.0. The van der Waals surface area contributed by atoms with Gasteiger partial charge in [0, 0.05) is 55.6 Å². The molecule has 2 heterocycles. The molecule has 1 aromatic heterocycles. The highest BCUT2D eigenvalue weighted by atomic mass is 79.9. The monoisotopic (exact) mass is 887 g/mol. The van der Waals surface area contributed by atoms with E-state index >= 15 is 0 Å². The molecule has 0 saturated carbocycles. The van der Waals surface area contributed by atoms with Crippen LogP contribution in [0.1, 0.15) is 32.5 Å². The Morgan fingerprint density at radius 1 is 0.791 bits per heavy atom. The van der Waals surface area contributed by atoms with Gasteiger partial charge in [0.25, 0.3) is 26.1 Å². The molecule has 0 radical (unpaired) electrons. The molecule has 234 valence electrons. The Bertz CT molecular complexity index is 1820. The quantitative estimate of drug-likeness (QED) is 0.151. The standard InChI is InChI=1S/C27H30Br4N4O6S2/c1-3-32-22-14-18(28)20(30)16-24(22)34(10-6-12-42(36,37)38)26(32)8-5-9-27-33(4-2)23-15-19(29)21(31)17-25(23)35(27)11-7-13-43(39,40)41/h5,8-9,14-17H,3-4,6-7,10-13H2,1-2H3,(H-,36,37,38,39,40,41)/p+1. The SMILES string of the molecule is CCN1/C(=C\C=C\c2n(CC)c3cc(Br)c(Br)cc3[n+]2CCCS(=O)(=O)O)N(CCCS(=O)(=O)O)c2cc(Br)c(Br)cc21. The Hall–Kier alpha value is -1.27. The minimum Gasteiger partial charge on any atom is -0.326 e. The van der Waals surface area contributed by atoms with E-state index in [0.717, 1.165) is 51.9 Å². The van der Waals surface area contributed by atoms with E-state index in [4.69, 9.17) is 0 Å². The summed E-state index contributed by atoms with van der Waals surface area (Å²) in [5.74, 6) is 0.988. The molecule has 4 rings (SSSR count). The molecule has 0 spiro atoms. The van der Waals surface area contributed by atoms with Crippen LogP contribution in [0, 0.1) is 0 Å². The Labute approximate surface area is 285 Å². The van der Waals surface area contributed by atoms with Gasteiger partial charge in [-0.1, -0.05) is 6.08 Å². The van der Waals surface area contributed by atoms with Gasteiger partial charge in [0.15, 0.2) is 11.0 Å². The molecule has 0 bridgehead atoms. The van der Waals surface area contributed by atoms with Crippen molar-refractivity contribution in [1.29, 1.82) is 0 Å². The number of benzene rings is 2. The lowest BCUT2D eigenvalue weighted by atomic mass is 10.2. The molecular formula is C27H31Br4N4O6S2+. The minimum atomic E-state index is -4.10. The lowest BCUT2D eigenvalue weighted by Crippen LogP contribution is -2.37. The highest BCUT2D eigenvalue weighted by molar-refractivity contribution is 9.13. The zero-order valence-corrected chi connectivity index (χ0v) is 31.3.